The Hall–Kier alpha value is -0.580. The number of methoxy groups -OCH3 is 2. The van der Waals surface area contributed by atoms with Crippen molar-refractivity contribution in [3.8, 4) is 0 Å². The fourth-order valence-corrected chi connectivity index (χ4v) is 2.50. The van der Waals surface area contributed by atoms with Crippen LogP contribution in [0, 0.1) is 0 Å². The highest BCUT2D eigenvalue weighted by molar-refractivity contribution is 7.47. The number of rotatable bonds is 15. The maximum absolute atomic E-state index is 11.8. The van der Waals surface area contributed by atoms with Gasteiger partial charge in [-0.25, -0.2) is 4.57 Å². The van der Waals surface area contributed by atoms with Crippen molar-refractivity contribution in [3.05, 3.63) is 0 Å². The zero-order chi connectivity index (χ0) is 20.2. The SMILES string of the molecule is COC(CCCC(=O)O[C@H](CO)COP(=O)(O)OCC[N+](C)(C)C)OC. The molecule has 0 aromatic rings. The molecule has 0 fully saturated rings. The fourth-order valence-electron chi connectivity index (χ4n) is 1.76. The molecular weight excluding hydrogens is 369 g/mol. The van der Waals surface area contributed by atoms with Crippen molar-refractivity contribution < 1.29 is 47.1 Å². The minimum Gasteiger partial charge on any atom is -0.457 e. The van der Waals surface area contributed by atoms with Gasteiger partial charge in [-0.3, -0.25) is 13.8 Å². The van der Waals surface area contributed by atoms with Gasteiger partial charge in [-0.05, 0) is 12.8 Å². The lowest BCUT2D eigenvalue weighted by atomic mass is 10.2. The lowest BCUT2D eigenvalue weighted by Crippen LogP contribution is -2.37. The van der Waals surface area contributed by atoms with E-state index in [0.717, 1.165) is 0 Å². The largest absolute Gasteiger partial charge is 0.472 e. The molecule has 1 unspecified atom stereocenters. The zero-order valence-electron chi connectivity index (χ0n) is 16.3. The number of phosphoric ester groups is 1. The number of aliphatic hydroxyl groups excluding tert-OH is 1. The Morgan fingerprint density at radius 2 is 1.77 bits per heavy atom. The van der Waals surface area contributed by atoms with Crippen molar-refractivity contribution in [1.82, 2.24) is 0 Å². The van der Waals surface area contributed by atoms with E-state index in [1.54, 1.807) is 0 Å². The van der Waals surface area contributed by atoms with Crippen molar-refractivity contribution in [2.24, 2.45) is 0 Å². The molecule has 2 N–H and O–H groups in total. The molecule has 0 aliphatic rings. The van der Waals surface area contributed by atoms with Gasteiger partial charge in [-0.1, -0.05) is 0 Å². The normalized spacial score (nSPS) is 15.7. The van der Waals surface area contributed by atoms with Crippen molar-refractivity contribution in [1.29, 1.82) is 0 Å². The van der Waals surface area contributed by atoms with E-state index in [0.29, 0.717) is 23.9 Å². The molecule has 11 heteroatoms. The van der Waals surface area contributed by atoms with Crippen LogP contribution >= 0.6 is 7.82 Å². The molecule has 0 aliphatic heterocycles. The third kappa shape index (κ3) is 13.6. The van der Waals surface area contributed by atoms with Crippen LogP contribution in [0.5, 0.6) is 0 Å². The average Bonchev–Trinajstić information content (AvgIpc) is 2.54. The number of quaternary nitrogens is 1. The van der Waals surface area contributed by atoms with Crippen LogP contribution in [0.15, 0.2) is 0 Å². The minimum atomic E-state index is -4.28. The molecule has 26 heavy (non-hydrogen) atoms. The molecular formula is C15H33NO9P+. The van der Waals surface area contributed by atoms with Crippen LogP contribution in [0.25, 0.3) is 0 Å². The summed E-state index contributed by atoms with van der Waals surface area (Å²) in [5.41, 5.74) is 0. The van der Waals surface area contributed by atoms with Gasteiger partial charge < -0.3 is 28.7 Å². The van der Waals surface area contributed by atoms with Gasteiger partial charge >= 0.3 is 13.8 Å². The Labute approximate surface area is 155 Å². The number of esters is 1. The minimum absolute atomic E-state index is 0.0288. The predicted molar refractivity (Wildman–Crippen MR) is 93.3 cm³/mol. The van der Waals surface area contributed by atoms with E-state index in [2.05, 4.69) is 0 Å². The van der Waals surface area contributed by atoms with Crippen LogP contribution in [0.2, 0.25) is 0 Å². The molecule has 10 nitrogen and oxygen atoms in total. The molecule has 2 atom stereocenters. The number of carbonyl (C=O) groups is 1. The topological polar surface area (TPSA) is 121 Å². The maximum atomic E-state index is 11.8. The third-order valence-electron chi connectivity index (χ3n) is 3.29. The first-order valence-corrected chi connectivity index (χ1v) is 9.80. The molecule has 0 saturated carbocycles. The van der Waals surface area contributed by atoms with E-state index < -0.39 is 39.4 Å². The predicted octanol–water partition coefficient (Wildman–Crippen LogP) is 0.520. The molecule has 0 aromatic heterocycles. The Kier molecular flexibility index (Phi) is 12.5. The Morgan fingerprint density at radius 1 is 1.15 bits per heavy atom. The van der Waals surface area contributed by atoms with E-state index >= 15 is 0 Å². The Balaban J connectivity index is 4.16. The maximum Gasteiger partial charge on any atom is 0.472 e. The molecule has 0 bridgehead atoms. The third-order valence-corrected chi connectivity index (χ3v) is 4.27. The molecule has 0 rings (SSSR count). The number of hydrogen-bond donors (Lipinski definition) is 2. The van der Waals surface area contributed by atoms with Crippen LogP contribution in [-0.4, -0.2) is 94.6 Å². The summed E-state index contributed by atoms with van der Waals surface area (Å²) in [6.07, 6.45) is -0.378. The zero-order valence-corrected chi connectivity index (χ0v) is 17.1. The van der Waals surface area contributed by atoms with Gasteiger partial charge in [-0.2, -0.15) is 0 Å². The van der Waals surface area contributed by atoms with Crippen LogP contribution < -0.4 is 0 Å². The molecule has 0 amide bonds. The lowest BCUT2D eigenvalue weighted by Gasteiger charge is -2.24. The molecule has 0 aliphatic carbocycles. The van der Waals surface area contributed by atoms with Gasteiger partial charge in [0.1, 0.15) is 19.3 Å². The summed E-state index contributed by atoms with van der Waals surface area (Å²) in [6, 6.07) is 0. The van der Waals surface area contributed by atoms with Crippen molar-refractivity contribution >= 4 is 13.8 Å². The van der Waals surface area contributed by atoms with Crippen LogP contribution in [0.3, 0.4) is 0 Å². The second kappa shape index (κ2) is 12.7. The molecule has 0 aromatic carbocycles. The van der Waals surface area contributed by atoms with Gasteiger partial charge in [0.25, 0.3) is 0 Å². The van der Waals surface area contributed by atoms with E-state index in [9.17, 15) is 19.4 Å². The monoisotopic (exact) mass is 402 g/mol. The molecule has 156 valence electrons. The second-order valence-electron chi connectivity index (χ2n) is 6.70. The fraction of sp³-hybridized carbons (Fsp3) is 0.933. The summed E-state index contributed by atoms with van der Waals surface area (Å²) in [7, 11) is 4.46. The van der Waals surface area contributed by atoms with E-state index in [1.807, 2.05) is 21.1 Å². The standard InChI is InChI=1S/C15H32NO9P/c1-16(2,3)9-10-23-26(19,20)24-12-13(11-17)25-14(18)7-6-8-15(21-4)22-5/h13,15,17H,6-12H2,1-5H3/p+1/t13-/m1/s1. The van der Waals surface area contributed by atoms with E-state index in [4.69, 9.17) is 23.3 Å². The quantitative estimate of drug-likeness (QED) is 0.175. The van der Waals surface area contributed by atoms with Crippen LogP contribution in [0.4, 0.5) is 0 Å². The Morgan fingerprint density at radius 3 is 2.27 bits per heavy atom. The molecule has 0 saturated heterocycles. The van der Waals surface area contributed by atoms with Crippen LogP contribution in [-0.2, 0) is 32.6 Å². The number of hydrogen-bond acceptors (Lipinski definition) is 8. The van der Waals surface area contributed by atoms with Crippen LogP contribution in [0.1, 0.15) is 19.3 Å². The summed E-state index contributed by atoms with van der Waals surface area (Å²) in [4.78, 5) is 21.3. The first-order chi connectivity index (χ1) is 12.0. The second-order valence-corrected chi connectivity index (χ2v) is 8.15. The highest BCUT2D eigenvalue weighted by Crippen LogP contribution is 2.43. The number of ether oxygens (including phenoxy) is 3. The summed E-state index contributed by atoms with van der Waals surface area (Å²) >= 11 is 0. The summed E-state index contributed by atoms with van der Waals surface area (Å²) in [5, 5.41) is 9.23. The van der Waals surface area contributed by atoms with Crippen molar-refractivity contribution in [3.63, 3.8) is 0 Å². The van der Waals surface area contributed by atoms with Crippen molar-refractivity contribution in [2.75, 3.05) is 61.7 Å². The molecule has 0 radical (unpaired) electrons. The summed E-state index contributed by atoms with van der Waals surface area (Å²) in [5.74, 6) is -0.558. The van der Waals surface area contributed by atoms with E-state index in [1.165, 1.54) is 14.2 Å². The lowest BCUT2D eigenvalue weighted by molar-refractivity contribution is -0.870. The van der Waals surface area contributed by atoms with Gasteiger partial charge in [0.05, 0.1) is 34.4 Å². The average molecular weight is 402 g/mol. The first-order valence-electron chi connectivity index (χ1n) is 8.31. The number of phosphoric acid groups is 1. The molecule has 0 heterocycles. The van der Waals surface area contributed by atoms with Crippen molar-refractivity contribution in [2.45, 2.75) is 31.7 Å². The Bertz CT molecular complexity index is 437. The number of likely N-dealkylation sites (N-methyl/N-ethyl adjacent to an activating group) is 1. The highest BCUT2D eigenvalue weighted by Gasteiger charge is 2.25. The smallest absolute Gasteiger partial charge is 0.457 e. The van der Waals surface area contributed by atoms with E-state index in [-0.39, 0.29) is 13.0 Å². The number of nitrogens with zero attached hydrogens (tertiary/aromatic N) is 1. The van der Waals surface area contributed by atoms with Gasteiger partial charge in [0.15, 0.2) is 6.29 Å². The highest BCUT2D eigenvalue weighted by atomic mass is 31.2. The van der Waals surface area contributed by atoms with Gasteiger partial charge in [0, 0.05) is 20.6 Å². The van der Waals surface area contributed by atoms with Gasteiger partial charge in [-0.15, -0.1) is 0 Å². The summed E-state index contributed by atoms with van der Waals surface area (Å²) < 4.78 is 37.0. The van der Waals surface area contributed by atoms with Gasteiger partial charge in [0.2, 0.25) is 0 Å². The number of carbonyl (C=O) groups excluding carboxylic acids is 1. The first kappa shape index (κ1) is 25.4. The summed E-state index contributed by atoms with van der Waals surface area (Å²) in [6.45, 7) is -0.445. The number of aliphatic hydroxyl groups is 1. The molecule has 0 spiro atoms.